The first-order valence-corrected chi connectivity index (χ1v) is 11.9. The largest absolute Gasteiger partial charge is 0.385 e. The first-order chi connectivity index (χ1) is 15.0. The fourth-order valence-corrected chi connectivity index (χ4v) is 5.07. The van der Waals surface area contributed by atoms with Crippen LogP contribution in [-0.2, 0) is 22.6 Å². The summed E-state index contributed by atoms with van der Waals surface area (Å²) in [5.74, 6) is 0.879. The summed E-state index contributed by atoms with van der Waals surface area (Å²) in [6, 6.07) is 8.94. The zero-order chi connectivity index (χ0) is 22.1. The Morgan fingerprint density at radius 3 is 2.35 bits per heavy atom. The van der Waals surface area contributed by atoms with Crippen LogP contribution in [0.25, 0.3) is 0 Å². The third-order valence-corrected chi connectivity index (χ3v) is 6.74. The summed E-state index contributed by atoms with van der Waals surface area (Å²) in [5, 5.41) is 7.05. The van der Waals surface area contributed by atoms with E-state index in [9.17, 15) is 0 Å². The first kappa shape index (κ1) is 24.0. The molecule has 2 aliphatic rings. The summed E-state index contributed by atoms with van der Waals surface area (Å²) < 4.78 is 11.2. The summed E-state index contributed by atoms with van der Waals surface area (Å²) in [6.07, 6.45) is 6.95. The maximum Gasteiger partial charge on any atom is 0.191 e. The lowest BCUT2D eigenvalue weighted by Gasteiger charge is -2.35. The molecule has 0 amide bonds. The van der Waals surface area contributed by atoms with Crippen LogP contribution in [0.3, 0.4) is 0 Å². The van der Waals surface area contributed by atoms with Crippen molar-refractivity contribution in [2.24, 2.45) is 10.4 Å². The molecule has 1 aliphatic heterocycles. The highest BCUT2D eigenvalue weighted by Crippen LogP contribution is 2.40. The Labute approximate surface area is 188 Å². The Morgan fingerprint density at radius 2 is 1.74 bits per heavy atom. The summed E-state index contributed by atoms with van der Waals surface area (Å²) in [5.41, 5.74) is 2.98. The Morgan fingerprint density at radius 1 is 1.10 bits per heavy atom. The van der Waals surface area contributed by atoms with Crippen LogP contribution >= 0.6 is 0 Å². The van der Waals surface area contributed by atoms with Crippen molar-refractivity contribution in [3.05, 3.63) is 35.4 Å². The average molecular weight is 431 g/mol. The Balaban J connectivity index is 1.45. The fourth-order valence-electron chi connectivity index (χ4n) is 5.07. The third kappa shape index (κ3) is 7.48. The molecule has 31 heavy (non-hydrogen) atoms. The lowest BCUT2D eigenvalue weighted by atomic mass is 9.83. The van der Waals surface area contributed by atoms with Crippen molar-refractivity contribution in [3.8, 4) is 0 Å². The second kappa shape index (κ2) is 11.8. The van der Waals surface area contributed by atoms with Gasteiger partial charge in [0.25, 0.3) is 0 Å². The Bertz CT molecular complexity index is 675. The normalized spacial score (nSPS) is 24.3. The van der Waals surface area contributed by atoms with E-state index in [4.69, 9.17) is 9.47 Å². The molecule has 0 radical (unpaired) electrons. The predicted octanol–water partition coefficient (Wildman–Crippen LogP) is 3.56. The Kier molecular flexibility index (Phi) is 9.17. The number of morpholine rings is 1. The minimum Gasteiger partial charge on any atom is -0.385 e. The predicted molar refractivity (Wildman–Crippen MR) is 127 cm³/mol. The van der Waals surface area contributed by atoms with E-state index in [-0.39, 0.29) is 0 Å². The van der Waals surface area contributed by atoms with E-state index in [1.54, 1.807) is 7.11 Å². The van der Waals surface area contributed by atoms with E-state index in [1.165, 1.54) is 36.8 Å². The zero-order valence-corrected chi connectivity index (χ0v) is 20.0. The summed E-state index contributed by atoms with van der Waals surface area (Å²) in [7, 11) is 3.64. The summed E-state index contributed by atoms with van der Waals surface area (Å²) in [6.45, 7) is 9.88. The highest BCUT2D eigenvalue weighted by molar-refractivity contribution is 5.79. The number of nitrogens with zero attached hydrogens (tertiary/aromatic N) is 2. The fraction of sp³-hybridized carbons (Fsp3) is 0.720. The van der Waals surface area contributed by atoms with Crippen molar-refractivity contribution in [1.82, 2.24) is 15.5 Å². The molecule has 6 nitrogen and oxygen atoms in total. The minimum absolute atomic E-state index is 0.310. The number of nitrogens with one attached hydrogen (secondary N) is 2. The topological polar surface area (TPSA) is 58.1 Å². The van der Waals surface area contributed by atoms with E-state index in [0.717, 1.165) is 51.7 Å². The van der Waals surface area contributed by atoms with Crippen molar-refractivity contribution in [3.63, 3.8) is 0 Å². The number of ether oxygens (including phenoxy) is 2. The van der Waals surface area contributed by atoms with Crippen molar-refractivity contribution in [2.75, 3.05) is 40.4 Å². The van der Waals surface area contributed by atoms with Crippen LogP contribution in [0.2, 0.25) is 0 Å². The summed E-state index contributed by atoms with van der Waals surface area (Å²) >= 11 is 0. The van der Waals surface area contributed by atoms with Crippen molar-refractivity contribution >= 4 is 5.96 Å². The van der Waals surface area contributed by atoms with Crippen LogP contribution < -0.4 is 10.6 Å². The van der Waals surface area contributed by atoms with Crippen molar-refractivity contribution < 1.29 is 9.47 Å². The number of rotatable bonds is 9. The molecule has 2 fully saturated rings. The molecule has 1 aromatic carbocycles. The SMILES string of the molecule is CN=C(NCc1ccc(CN2CC(C)OC(C)C2)cc1)NCC1(CCOC)CCCC1. The van der Waals surface area contributed by atoms with Crippen LogP contribution in [0, 0.1) is 5.41 Å². The molecule has 1 aromatic rings. The standard InChI is InChI=1S/C25H42N4O2/c1-20-16-29(17-21(2)31-20)18-23-9-7-22(8-10-23)15-27-24(26-3)28-19-25(13-14-30-4)11-5-6-12-25/h7-10,20-21H,5-6,11-19H2,1-4H3,(H2,26,27,28). The first-order valence-electron chi connectivity index (χ1n) is 11.9. The monoisotopic (exact) mass is 430 g/mol. The second-order valence-electron chi connectivity index (χ2n) is 9.50. The van der Waals surface area contributed by atoms with Gasteiger partial charge in [0.2, 0.25) is 0 Å². The maximum atomic E-state index is 5.84. The van der Waals surface area contributed by atoms with Gasteiger partial charge in [-0.3, -0.25) is 9.89 Å². The number of hydrogen-bond donors (Lipinski definition) is 2. The molecule has 2 unspecified atom stereocenters. The van der Waals surface area contributed by atoms with Gasteiger partial charge in [0, 0.05) is 53.5 Å². The van der Waals surface area contributed by atoms with E-state index < -0.39 is 0 Å². The molecule has 0 aromatic heterocycles. The zero-order valence-electron chi connectivity index (χ0n) is 20.0. The molecule has 3 rings (SSSR count). The average Bonchev–Trinajstić information content (AvgIpc) is 3.22. The van der Waals surface area contributed by atoms with E-state index >= 15 is 0 Å². The molecule has 1 saturated heterocycles. The molecule has 174 valence electrons. The van der Waals surface area contributed by atoms with Crippen LogP contribution in [0.5, 0.6) is 0 Å². The van der Waals surface area contributed by atoms with Gasteiger partial charge in [-0.2, -0.15) is 0 Å². The molecule has 0 bridgehead atoms. The molecule has 6 heteroatoms. The number of hydrogen-bond acceptors (Lipinski definition) is 4. The van der Waals surface area contributed by atoms with Crippen molar-refractivity contribution in [1.29, 1.82) is 0 Å². The van der Waals surface area contributed by atoms with E-state index in [2.05, 4.69) is 58.6 Å². The van der Waals surface area contributed by atoms with Gasteiger partial charge in [-0.15, -0.1) is 0 Å². The Hall–Kier alpha value is -1.63. The molecule has 1 aliphatic carbocycles. The smallest absolute Gasteiger partial charge is 0.191 e. The van der Waals surface area contributed by atoms with Crippen LogP contribution in [0.15, 0.2) is 29.3 Å². The highest BCUT2D eigenvalue weighted by atomic mass is 16.5. The molecule has 1 heterocycles. The lowest BCUT2D eigenvalue weighted by molar-refractivity contribution is -0.0704. The van der Waals surface area contributed by atoms with Crippen LogP contribution in [0.1, 0.15) is 57.1 Å². The highest BCUT2D eigenvalue weighted by Gasteiger charge is 2.33. The van der Waals surface area contributed by atoms with E-state index in [1.807, 2.05) is 7.05 Å². The second-order valence-corrected chi connectivity index (χ2v) is 9.50. The lowest BCUT2D eigenvalue weighted by Crippen LogP contribution is -2.44. The molecule has 1 saturated carbocycles. The molecule has 0 spiro atoms. The molecular formula is C25H42N4O2. The van der Waals surface area contributed by atoms with Crippen molar-refractivity contribution in [2.45, 2.75) is 71.2 Å². The van der Waals surface area contributed by atoms with Gasteiger partial charge in [-0.05, 0) is 49.7 Å². The number of guanidine groups is 1. The van der Waals surface area contributed by atoms with E-state index in [0.29, 0.717) is 17.6 Å². The number of methoxy groups -OCH3 is 1. The number of aliphatic imine (C=N–C) groups is 1. The molecule has 2 atom stereocenters. The van der Waals surface area contributed by atoms with Gasteiger partial charge in [-0.1, -0.05) is 37.1 Å². The van der Waals surface area contributed by atoms with Gasteiger partial charge in [0.1, 0.15) is 0 Å². The molecular weight excluding hydrogens is 388 g/mol. The summed E-state index contributed by atoms with van der Waals surface area (Å²) in [4.78, 5) is 6.92. The van der Waals surface area contributed by atoms with Gasteiger partial charge in [-0.25, -0.2) is 0 Å². The number of benzene rings is 1. The van der Waals surface area contributed by atoms with Gasteiger partial charge in [0.15, 0.2) is 5.96 Å². The molecule has 2 N–H and O–H groups in total. The van der Waals surface area contributed by atoms with Crippen LogP contribution in [-0.4, -0.2) is 63.5 Å². The van der Waals surface area contributed by atoms with Gasteiger partial charge >= 0.3 is 0 Å². The maximum absolute atomic E-state index is 5.84. The third-order valence-electron chi connectivity index (χ3n) is 6.74. The van der Waals surface area contributed by atoms with Gasteiger partial charge in [0.05, 0.1) is 12.2 Å². The van der Waals surface area contributed by atoms with Crippen LogP contribution in [0.4, 0.5) is 0 Å². The minimum atomic E-state index is 0.310. The quantitative estimate of drug-likeness (QED) is 0.463. The van der Waals surface area contributed by atoms with Gasteiger partial charge < -0.3 is 20.1 Å².